The van der Waals surface area contributed by atoms with Crippen molar-refractivity contribution in [3.05, 3.63) is 42.6 Å². The van der Waals surface area contributed by atoms with E-state index in [1.54, 1.807) is 12.3 Å². The molecule has 0 unspecified atom stereocenters. The quantitative estimate of drug-likeness (QED) is 0.272. The highest BCUT2D eigenvalue weighted by Crippen LogP contribution is 2.57. The Morgan fingerprint density at radius 3 is 2.60 bits per heavy atom. The number of aromatic nitrogens is 1. The van der Waals surface area contributed by atoms with Gasteiger partial charge in [-0.3, -0.25) is 23.9 Å². The lowest BCUT2D eigenvalue weighted by Crippen LogP contribution is -2.48. The van der Waals surface area contributed by atoms with Crippen molar-refractivity contribution in [2.24, 2.45) is 22.7 Å². The molecular formula is C39H51N3O9S. The van der Waals surface area contributed by atoms with Crippen LogP contribution in [0.5, 0.6) is 11.6 Å². The van der Waals surface area contributed by atoms with Gasteiger partial charge in [0.15, 0.2) is 5.78 Å². The highest BCUT2D eigenvalue weighted by Gasteiger charge is 2.61. The van der Waals surface area contributed by atoms with Crippen molar-refractivity contribution in [3.8, 4) is 11.6 Å². The minimum absolute atomic E-state index is 0.0487. The number of allylic oxidation sites excluding steroid dienone is 1. The summed E-state index contributed by atoms with van der Waals surface area (Å²) in [4.78, 5) is 61.7. The number of esters is 1. The van der Waals surface area contributed by atoms with Crippen molar-refractivity contribution in [1.29, 1.82) is 0 Å². The van der Waals surface area contributed by atoms with E-state index >= 15 is 0 Å². The molecule has 4 aliphatic rings. The van der Waals surface area contributed by atoms with Crippen molar-refractivity contribution in [2.45, 2.75) is 109 Å². The maximum absolute atomic E-state index is 14.6. The molecule has 1 aromatic heterocycles. The maximum atomic E-state index is 14.6. The Morgan fingerprint density at radius 2 is 1.92 bits per heavy atom. The molecule has 1 aromatic carbocycles. The number of hydrogen-bond acceptors (Lipinski definition) is 10. The smallest absolute Gasteiger partial charge is 0.306 e. The molecule has 3 fully saturated rings. The van der Waals surface area contributed by atoms with Crippen molar-refractivity contribution in [3.63, 3.8) is 0 Å². The van der Waals surface area contributed by atoms with E-state index in [0.717, 1.165) is 35.6 Å². The maximum Gasteiger partial charge on any atom is 0.306 e. The van der Waals surface area contributed by atoms with Gasteiger partial charge in [0.1, 0.15) is 11.9 Å². The summed E-state index contributed by atoms with van der Waals surface area (Å²) in [5.74, 6) is -2.08. The van der Waals surface area contributed by atoms with Gasteiger partial charge in [-0.2, -0.15) is 0 Å². The number of ether oxygens (including phenoxy) is 3. The lowest BCUT2D eigenvalue weighted by Gasteiger charge is -2.34. The molecule has 4 bridgehead atoms. The molecule has 1 saturated heterocycles. The minimum Gasteiger partial charge on any atom is -0.493 e. The fourth-order valence-electron chi connectivity index (χ4n) is 7.68. The summed E-state index contributed by atoms with van der Waals surface area (Å²) in [6, 6.07) is 4.96. The van der Waals surface area contributed by atoms with Crippen LogP contribution in [0.15, 0.2) is 37.1 Å². The van der Waals surface area contributed by atoms with E-state index in [-0.39, 0.29) is 50.5 Å². The van der Waals surface area contributed by atoms with Crippen LogP contribution in [0.4, 0.5) is 0 Å². The Balaban J connectivity index is 1.35. The number of rotatable bonds is 9. The average Bonchev–Trinajstić information content (AvgIpc) is 4.01. The molecule has 0 radical (unpaired) electrons. The van der Waals surface area contributed by atoms with Gasteiger partial charge < -0.3 is 19.1 Å². The molecule has 0 spiro atoms. The number of hydrogen-bond donors (Lipinski definition) is 1. The summed E-state index contributed by atoms with van der Waals surface area (Å²) >= 11 is 0. The van der Waals surface area contributed by atoms with Crippen LogP contribution >= 0.6 is 0 Å². The molecule has 282 valence electrons. The summed E-state index contributed by atoms with van der Waals surface area (Å²) in [7, 11) is -3.84. The van der Waals surface area contributed by atoms with Gasteiger partial charge in [-0.1, -0.05) is 26.8 Å². The van der Waals surface area contributed by atoms with Gasteiger partial charge in [0, 0.05) is 29.8 Å². The molecule has 5 atom stereocenters. The largest absolute Gasteiger partial charge is 0.493 e. The molecule has 6 rings (SSSR count). The summed E-state index contributed by atoms with van der Waals surface area (Å²) in [5, 5.41) is 0.994. The molecule has 13 heteroatoms. The van der Waals surface area contributed by atoms with E-state index in [9.17, 15) is 27.6 Å². The Bertz CT molecular complexity index is 1850. The molecule has 2 amide bonds. The number of nitrogens with one attached hydrogen (secondary N) is 1. The van der Waals surface area contributed by atoms with Crippen LogP contribution in [0, 0.1) is 22.7 Å². The minimum atomic E-state index is -3.84. The number of carbonyl (C=O) groups is 4. The Morgan fingerprint density at radius 1 is 1.15 bits per heavy atom. The van der Waals surface area contributed by atoms with Crippen LogP contribution in [0.2, 0.25) is 0 Å². The third-order valence-corrected chi connectivity index (χ3v) is 12.8. The zero-order valence-electron chi connectivity index (χ0n) is 30.6. The van der Waals surface area contributed by atoms with Gasteiger partial charge in [0.2, 0.25) is 27.7 Å². The Hall–Kier alpha value is -4.00. The third kappa shape index (κ3) is 7.99. The number of sulfonamides is 1. The van der Waals surface area contributed by atoms with Gasteiger partial charge in [-0.15, -0.1) is 6.58 Å². The molecular weight excluding hydrogens is 687 g/mol. The zero-order chi connectivity index (χ0) is 37.4. The Kier molecular flexibility index (Phi) is 10.7. The second kappa shape index (κ2) is 14.8. The summed E-state index contributed by atoms with van der Waals surface area (Å²) in [5.41, 5.74) is -0.892. The molecule has 2 aliphatic heterocycles. The van der Waals surface area contributed by atoms with Crippen molar-refractivity contribution in [1.82, 2.24) is 14.6 Å². The number of Topliss-reactive ketones (excluding diaryl/α,β-unsaturated/α-hetero) is 1. The van der Waals surface area contributed by atoms with Gasteiger partial charge in [0.25, 0.3) is 0 Å². The molecule has 3 heterocycles. The van der Waals surface area contributed by atoms with Crippen LogP contribution in [-0.2, 0) is 40.4 Å². The number of fused-ring (bicyclic) bond motifs is 3. The topological polar surface area (TPSA) is 158 Å². The first-order valence-corrected chi connectivity index (χ1v) is 20.1. The number of carbonyl (C=O) groups excluding carboxylic acids is 4. The first-order chi connectivity index (χ1) is 24.7. The summed E-state index contributed by atoms with van der Waals surface area (Å²) in [6.07, 6.45) is 6.69. The van der Waals surface area contributed by atoms with Crippen LogP contribution < -0.4 is 14.2 Å². The third-order valence-electron chi connectivity index (χ3n) is 11.0. The van der Waals surface area contributed by atoms with E-state index < -0.39 is 62.0 Å². The number of cyclic esters (lactones) is 1. The zero-order valence-corrected chi connectivity index (χ0v) is 31.5. The fraction of sp³-hybridized carbons (Fsp3) is 0.615. The lowest BCUT2D eigenvalue weighted by atomic mass is 9.77. The van der Waals surface area contributed by atoms with Gasteiger partial charge in [-0.25, -0.2) is 13.4 Å². The predicted octanol–water partition coefficient (Wildman–Crippen LogP) is 5.06. The molecule has 1 N–H and O–H groups in total. The second-order valence-electron chi connectivity index (χ2n) is 15.9. The lowest BCUT2D eigenvalue weighted by molar-refractivity contribution is -0.153. The van der Waals surface area contributed by atoms with Gasteiger partial charge in [0.05, 0.1) is 48.8 Å². The summed E-state index contributed by atoms with van der Waals surface area (Å²) in [6.45, 7) is 12.1. The van der Waals surface area contributed by atoms with Crippen molar-refractivity contribution in [2.75, 3.05) is 19.8 Å². The predicted molar refractivity (Wildman–Crippen MR) is 194 cm³/mol. The molecule has 52 heavy (non-hydrogen) atoms. The fourth-order valence-corrected chi connectivity index (χ4v) is 9.06. The first kappa shape index (κ1) is 37.7. The molecule has 12 nitrogen and oxygen atoms in total. The van der Waals surface area contributed by atoms with Crippen molar-refractivity contribution < 1.29 is 41.8 Å². The van der Waals surface area contributed by atoms with E-state index in [1.165, 1.54) is 4.90 Å². The normalized spacial score (nSPS) is 27.3. The van der Waals surface area contributed by atoms with Gasteiger partial charge in [-0.05, 0) is 87.0 Å². The number of ketones is 1. The van der Waals surface area contributed by atoms with E-state index in [2.05, 4.69) is 16.3 Å². The highest BCUT2D eigenvalue weighted by atomic mass is 32.2. The van der Waals surface area contributed by atoms with E-state index in [4.69, 9.17) is 14.2 Å². The first-order valence-electron chi connectivity index (χ1n) is 18.6. The number of benzene rings is 1. The van der Waals surface area contributed by atoms with Crippen molar-refractivity contribution >= 4 is 44.4 Å². The highest BCUT2D eigenvalue weighted by molar-refractivity contribution is 7.90. The second-order valence-corrected chi connectivity index (χ2v) is 17.9. The Labute approximate surface area is 306 Å². The van der Waals surface area contributed by atoms with Crippen LogP contribution in [0.1, 0.15) is 91.0 Å². The van der Waals surface area contributed by atoms with Crippen LogP contribution in [0.3, 0.4) is 0 Å². The molecule has 2 aliphatic carbocycles. The number of pyridine rings is 1. The number of amides is 2. The summed E-state index contributed by atoms with van der Waals surface area (Å²) < 4.78 is 45.9. The molecule has 2 saturated carbocycles. The van der Waals surface area contributed by atoms with Crippen LogP contribution in [-0.4, -0.2) is 79.0 Å². The monoisotopic (exact) mass is 737 g/mol. The number of aryl methyl sites for hydroxylation is 1. The van der Waals surface area contributed by atoms with E-state index in [1.807, 2.05) is 45.9 Å². The van der Waals surface area contributed by atoms with Gasteiger partial charge >= 0.3 is 5.97 Å². The average molecular weight is 738 g/mol. The molecule has 2 aromatic rings. The number of nitrogens with zero attached hydrogens (tertiary/aromatic N) is 2. The SMILES string of the molecule is C=C[C@H]1C[C@]1(CC(=O)[C@@H]1C[C@@H]2CN1C(=O)[C@H](C(C)(C)C)CC(=O)OCCCCCc1cc(OCC)c3ccnc(c3c1)O2)C(=O)NS(=O)(=O)C1CC1. The van der Waals surface area contributed by atoms with E-state index in [0.29, 0.717) is 37.5 Å². The standard InChI is InChI=1S/C39H51N3O9S/c1-6-25-21-39(25,37(46)41-52(47,48)27-12-13-27)22-32(43)31-19-26-23-42(31)36(45)30(38(3,4)5)20-34(44)50-16-10-8-9-11-24-17-29-28(33(18-24)49-7-2)14-15-40-35(29)51-26/h6,14-15,17-18,25-27,30-31H,1,7-13,16,19-23H2,2-5H3,(H,41,46)/t25-,26+,30+,31-,39+/m0/s1. The van der Waals surface area contributed by atoms with Crippen LogP contribution in [0.25, 0.3) is 10.8 Å².